The van der Waals surface area contributed by atoms with Crippen LogP contribution in [0.3, 0.4) is 0 Å². The van der Waals surface area contributed by atoms with E-state index in [9.17, 15) is 4.79 Å². The third-order valence-corrected chi connectivity index (χ3v) is 6.77. The molecule has 0 bridgehead atoms. The van der Waals surface area contributed by atoms with E-state index in [4.69, 9.17) is 0 Å². The number of aryl methyl sites for hydroxylation is 1. The van der Waals surface area contributed by atoms with Gasteiger partial charge in [0.15, 0.2) is 0 Å². The number of fused-ring (bicyclic) bond motifs is 1. The molecule has 2 aromatic heterocycles. The summed E-state index contributed by atoms with van der Waals surface area (Å²) in [7, 11) is 0. The molecule has 5 heteroatoms. The van der Waals surface area contributed by atoms with Crippen LogP contribution >= 0.6 is 0 Å². The van der Waals surface area contributed by atoms with Gasteiger partial charge in [-0.1, -0.05) is 24.3 Å². The maximum Gasteiger partial charge on any atom is 0.253 e. The third-order valence-electron chi connectivity index (χ3n) is 6.77. The van der Waals surface area contributed by atoms with Gasteiger partial charge in [0.25, 0.3) is 5.91 Å². The standard InChI is InChI=1S/C29H30N4O/c1-21-9-10-25(18-28(21)32-19-22-11-14-30-15-12-22)29(34)33-16-4-5-23(20-33)17-24-6-2-8-27-26(24)7-3-13-31-27/h2-3,6-15,18,23,32H,4-5,16-17,19-20H2,1H3. The Labute approximate surface area is 200 Å². The molecule has 1 atom stereocenters. The van der Waals surface area contributed by atoms with Gasteiger partial charge in [0.05, 0.1) is 5.52 Å². The Morgan fingerprint density at radius 2 is 1.94 bits per heavy atom. The summed E-state index contributed by atoms with van der Waals surface area (Å²) in [6, 6.07) is 20.5. The van der Waals surface area contributed by atoms with Crippen LogP contribution in [0.5, 0.6) is 0 Å². The van der Waals surface area contributed by atoms with Crippen LogP contribution < -0.4 is 5.32 Å². The van der Waals surface area contributed by atoms with Crippen molar-refractivity contribution in [2.24, 2.45) is 5.92 Å². The minimum absolute atomic E-state index is 0.122. The molecule has 2 aromatic carbocycles. The van der Waals surface area contributed by atoms with Crippen molar-refractivity contribution >= 4 is 22.5 Å². The van der Waals surface area contributed by atoms with Gasteiger partial charge in [-0.15, -0.1) is 0 Å². The molecular weight excluding hydrogens is 420 g/mol. The van der Waals surface area contributed by atoms with Gasteiger partial charge in [-0.3, -0.25) is 14.8 Å². The zero-order chi connectivity index (χ0) is 23.3. The summed E-state index contributed by atoms with van der Waals surface area (Å²) in [5.74, 6) is 0.578. The van der Waals surface area contributed by atoms with Crippen molar-refractivity contribution < 1.29 is 4.79 Å². The van der Waals surface area contributed by atoms with Crippen molar-refractivity contribution in [3.8, 4) is 0 Å². The molecule has 1 saturated heterocycles. The maximum absolute atomic E-state index is 13.4. The van der Waals surface area contributed by atoms with E-state index in [1.54, 1.807) is 12.4 Å². The topological polar surface area (TPSA) is 58.1 Å². The molecule has 4 aromatic rings. The van der Waals surface area contributed by atoms with Crippen LogP contribution in [0.15, 0.2) is 79.3 Å². The van der Waals surface area contributed by atoms with Crippen molar-refractivity contribution in [2.45, 2.75) is 32.7 Å². The van der Waals surface area contributed by atoms with E-state index in [0.717, 1.165) is 60.2 Å². The van der Waals surface area contributed by atoms with E-state index >= 15 is 0 Å². The van der Waals surface area contributed by atoms with Gasteiger partial charge < -0.3 is 10.2 Å². The molecular formula is C29H30N4O. The largest absolute Gasteiger partial charge is 0.381 e. The number of amides is 1. The molecule has 1 aliphatic heterocycles. The molecule has 1 fully saturated rings. The summed E-state index contributed by atoms with van der Waals surface area (Å²) < 4.78 is 0. The smallest absolute Gasteiger partial charge is 0.253 e. The molecule has 5 nitrogen and oxygen atoms in total. The van der Waals surface area contributed by atoms with E-state index in [2.05, 4.69) is 46.5 Å². The number of piperidine rings is 1. The first-order chi connectivity index (χ1) is 16.7. The monoisotopic (exact) mass is 450 g/mol. The number of hydrogen-bond donors (Lipinski definition) is 1. The van der Waals surface area contributed by atoms with Crippen LogP contribution in [0.25, 0.3) is 10.9 Å². The molecule has 1 unspecified atom stereocenters. The summed E-state index contributed by atoms with van der Waals surface area (Å²) in [4.78, 5) is 24.0. The number of pyridine rings is 2. The van der Waals surface area contributed by atoms with E-state index in [1.807, 2.05) is 47.5 Å². The first-order valence-corrected chi connectivity index (χ1v) is 12.0. The number of anilines is 1. The second-order valence-electron chi connectivity index (χ2n) is 9.19. The number of rotatable bonds is 6. The van der Waals surface area contributed by atoms with Gasteiger partial charge in [-0.25, -0.2) is 0 Å². The third kappa shape index (κ3) is 4.93. The normalized spacial score (nSPS) is 15.9. The number of hydrogen-bond acceptors (Lipinski definition) is 4. The minimum Gasteiger partial charge on any atom is -0.381 e. The lowest BCUT2D eigenvalue weighted by molar-refractivity contribution is 0.0673. The molecule has 0 aliphatic carbocycles. The van der Waals surface area contributed by atoms with Crippen LogP contribution in [-0.2, 0) is 13.0 Å². The highest BCUT2D eigenvalue weighted by Gasteiger charge is 2.25. The lowest BCUT2D eigenvalue weighted by Gasteiger charge is -2.33. The Bertz CT molecular complexity index is 1280. The first-order valence-electron chi connectivity index (χ1n) is 12.0. The molecule has 172 valence electrons. The average Bonchev–Trinajstić information content (AvgIpc) is 2.89. The fourth-order valence-corrected chi connectivity index (χ4v) is 4.90. The molecule has 5 rings (SSSR count). The Kier molecular flexibility index (Phi) is 6.52. The van der Waals surface area contributed by atoms with Crippen LogP contribution in [0, 0.1) is 12.8 Å². The van der Waals surface area contributed by atoms with E-state index in [1.165, 1.54) is 10.9 Å². The summed E-state index contributed by atoms with van der Waals surface area (Å²) >= 11 is 0. The molecule has 1 aliphatic rings. The Morgan fingerprint density at radius 1 is 1.06 bits per heavy atom. The molecule has 3 heterocycles. The zero-order valence-electron chi connectivity index (χ0n) is 19.6. The predicted octanol–water partition coefficient (Wildman–Crippen LogP) is 5.65. The summed E-state index contributed by atoms with van der Waals surface area (Å²) in [6.45, 7) is 4.38. The summed E-state index contributed by atoms with van der Waals surface area (Å²) in [6.07, 6.45) is 8.59. The lowest BCUT2D eigenvalue weighted by atomic mass is 9.89. The molecule has 1 amide bonds. The highest BCUT2D eigenvalue weighted by molar-refractivity contribution is 5.95. The fraction of sp³-hybridized carbons (Fsp3) is 0.276. The number of benzene rings is 2. The fourth-order valence-electron chi connectivity index (χ4n) is 4.90. The van der Waals surface area contributed by atoms with Crippen molar-refractivity contribution in [3.05, 3.63) is 102 Å². The summed E-state index contributed by atoms with van der Waals surface area (Å²) in [5.41, 5.74) is 6.40. The molecule has 34 heavy (non-hydrogen) atoms. The molecule has 1 N–H and O–H groups in total. The quantitative estimate of drug-likeness (QED) is 0.413. The van der Waals surface area contributed by atoms with E-state index in [-0.39, 0.29) is 5.91 Å². The van der Waals surface area contributed by atoms with Crippen molar-refractivity contribution in [3.63, 3.8) is 0 Å². The molecule has 0 saturated carbocycles. The molecule has 0 spiro atoms. The molecule has 0 radical (unpaired) electrons. The van der Waals surface area contributed by atoms with Crippen LogP contribution in [0.2, 0.25) is 0 Å². The highest BCUT2D eigenvalue weighted by atomic mass is 16.2. The second-order valence-corrected chi connectivity index (χ2v) is 9.19. The first kappa shape index (κ1) is 22.1. The van der Waals surface area contributed by atoms with Gasteiger partial charge in [0.1, 0.15) is 0 Å². The van der Waals surface area contributed by atoms with Gasteiger partial charge >= 0.3 is 0 Å². The second kappa shape index (κ2) is 10.0. The number of likely N-dealkylation sites (tertiary alicyclic amines) is 1. The van der Waals surface area contributed by atoms with Crippen LogP contribution in [0.1, 0.15) is 39.9 Å². The Hall–Kier alpha value is -3.73. The predicted molar refractivity (Wildman–Crippen MR) is 137 cm³/mol. The Balaban J connectivity index is 1.28. The van der Waals surface area contributed by atoms with Crippen molar-refractivity contribution in [1.82, 2.24) is 14.9 Å². The average molecular weight is 451 g/mol. The SMILES string of the molecule is Cc1ccc(C(=O)N2CCCC(Cc3cccc4ncccc34)C2)cc1NCc1ccncc1. The number of nitrogens with one attached hydrogen (secondary N) is 1. The number of carbonyl (C=O) groups is 1. The maximum atomic E-state index is 13.4. The highest BCUT2D eigenvalue weighted by Crippen LogP contribution is 2.27. The summed E-state index contributed by atoms with van der Waals surface area (Å²) in [5, 5.41) is 4.70. The Morgan fingerprint density at radius 3 is 2.82 bits per heavy atom. The van der Waals surface area contributed by atoms with E-state index < -0.39 is 0 Å². The lowest BCUT2D eigenvalue weighted by Crippen LogP contribution is -2.40. The van der Waals surface area contributed by atoms with Gasteiger partial charge in [-0.2, -0.15) is 0 Å². The van der Waals surface area contributed by atoms with Crippen LogP contribution in [-0.4, -0.2) is 33.9 Å². The zero-order valence-corrected chi connectivity index (χ0v) is 19.6. The van der Waals surface area contributed by atoms with E-state index in [0.29, 0.717) is 12.5 Å². The van der Waals surface area contributed by atoms with Crippen LogP contribution in [0.4, 0.5) is 5.69 Å². The van der Waals surface area contributed by atoms with Gasteiger partial charge in [0.2, 0.25) is 0 Å². The number of aromatic nitrogens is 2. The van der Waals surface area contributed by atoms with Gasteiger partial charge in [-0.05, 0) is 85.2 Å². The van der Waals surface area contributed by atoms with Crippen molar-refractivity contribution in [1.29, 1.82) is 0 Å². The number of nitrogens with zero attached hydrogens (tertiary/aromatic N) is 3. The minimum atomic E-state index is 0.122. The van der Waals surface area contributed by atoms with Crippen molar-refractivity contribution in [2.75, 3.05) is 18.4 Å². The van der Waals surface area contributed by atoms with Gasteiger partial charge in [0, 0.05) is 54.9 Å². The number of carbonyl (C=O) groups excluding carboxylic acids is 1.